The summed E-state index contributed by atoms with van der Waals surface area (Å²) in [6, 6.07) is 14.8. The first-order valence-corrected chi connectivity index (χ1v) is 29.5. The summed E-state index contributed by atoms with van der Waals surface area (Å²) in [5.41, 5.74) is 2.01. The number of hydrogen-bond acceptors (Lipinski definition) is 15. The maximum Gasteiger partial charge on any atom is 0.349 e. The molecule has 2 heterocycles. The van der Waals surface area contributed by atoms with Crippen LogP contribution in [-0.2, 0) is 32.7 Å². The van der Waals surface area contributed by atoms with Gasteiger partial charge in [-0.2, -0.15) is 0 Å². The minimum atomic E-state index is -4.78. The van der Waals surface area contributed by atoms with E-state index in [4.69, 9.17) is 27.4 Å². The summed E-state index contributed by atoms with van der Waals surface area (Å²) >= 11 is 1.79. The zero-order chi connectivity index (χ0) is 53.8. The first-order valence-electron chi connectivity index (χ1n) is 27.0. The lowest BCUT2D eigenvalue weighted by Crippen LogP contribution is -2.38. The Morgan fingerprint density at radius 2 is 1.35 bits per heavy atom. The highest BCUT2D eigenvalue weighted by Gasteiger charge is 2.27. The van der Waals surface area contributed by atoms with Crippen LogP contribution in [0.2, 0.25) is 0 Å². The number of thioether (sulfide) groups is 1. The van der Waals surface area contributed by atoms with Crippen LogP contribution in [0.3, 0.4) is 0 Å². The molecule has 74 heavy (non-hydrogen) atoms. The summed E-state index contributed by atoms with van der Waals surface area (Å²) in [5.74, 6) is -0.905. The number of carbonyl (C=O) groups is 3. The number of esters is 2. The predicted octanol–water partition coefficient (Wildman–Crippen LogP) is 11.0. The van der Waals surface area contributed by atoms with Crippen molar-refractivity contribution in [2.75, 3.05) is 77.8 Å². The number of fused-ring (bicyclic) bond motifs is 2. The maximum absolute atomic E-state index is 13.1. The van der Waals surface area contributed by atoms with Gasteiger partial charge >= 0.3 is 23.2 Å². The number of aryl methyl sites for hydroxylation is 1. The summed E-state index contributed by atoms with van der Waals surface area (Å²) in [6.45, 7) is 7.86. The molecule has 0 fully saturated rings. The molecule has 0 radical (unpaired) electrons. The Labute approximate surface area is 442 Å². The number of phosphoric ester groups is 1. The molecule has 4 aromatic rings. The zero-order valence-corrected chi connectivity index (χ0v) is 46.8. The Kier molecular flexibility index (Phi) is 28.1. The third-order valence-corrected chi connectivity index (χ3v) is 14.9. The molecule has 0 aliphatic heterocycles. The molecule has 16 nitrogen and oxygen atoms in total. The van der Waals surface area contributed by atoms with Gasteiger partial charge in [0.2, 0.25) is 6.10 Å². The van der Waals surface area contributed by atoms with Crippen molar-refractivity contribution in [3.63, 3.8) is 0 Å². The molecule has 0 bridgehead atoms. The molecule has 0 aliphatic carbocycles. The molecule has 412 valence electrons. The van der Waals surface area contributed by atoms with Gasteiger partial charge < -0.3 is 46.9 Å². The van der Waals surface area contributed by atoms with Crippen molar-refractivity contribution in [3.8, 4) is 0 Å². The molecule has 2 aromatic heterocycles. The number of quaternary nitrogens is 1. The van der Waals surface area contributed by atoms with E-state index >= 15 is 0 Å². The predicted molar refractivity (Wildman–Crippen MR) is 292 cm³/mol. The molecule has 0 spiro atoms. The van der Waals surface area contributed by atoms with Crippen LogP contribution < -0.4 is 26.4 Å². The lowest BCUT2D eigenvalue weighted by atomic mass is 10.1. The largest absolute Gasteiger partial charge is 0.756 e. The molecule has 2 unspecified atom stereocenters. The molecule has 1 N–H and O–H groups in total. The van der Waals surface area contributed by atoms with Crippen molar-refractivity contribution in [2.24, 2.45) is 0 Å². The third-order valence-electron chi connectivity index (χ3n) is 12.8. The standard InChI is InChI=1S/C56H84N3O13PS/c1-7-58(8-2)45-30-29-44-39-48(55(63)72-49(44)40-45)54(62)57-33-25-21-17-13-11-12-16-20-24-28-52(60)71-51(42-69-73(65,66)68-36-34-59(4,5)6)56(64)67-35-26-22-18-14-9-10-15-19-23-27-37-74-46-31-32-47-43(3)38-53(61)70-50(47)41-46/h29-32,38-41,51H,7-28,33-37,42H2,1-6H3,(H-,57,62,65,66). The first kappa shape index (κ1) is 62.0. The lowest BCUT2D eigenvalue weighted by Gasteiger charge is -2.28. The highest BCUT2D eigenvalue weighted by atomic mass is 32.2. The fourth-order valence-electron chi connectivity index (χ4n) is 8.43. The highest BCUT2D eigenvalue weighted by molar-refractivity contribution is 7.99. The van der Waals surface area contributed by atoms with E-state index in [0.29, 0.717) is 47.0 Å². The second kappa shape index (κ2) is 33.5. The van der Waals surface area contributed by atoms with Crippen molar-refractivity contribution in [1.82, 2.24) is 5.32 Å². The maximum atomic E-state index is 13.1. The van der Waals surface area contributed by atoms with Gasteiger partial charge in [0.15, 0.2) is 0 Å². The minimum absolute atomic E-state index is 0.00109. The number of amides is 1. The molecule has 4 rings (SSSR count). The van der Waals surface area contributed by atoms with Gasteiger partial charge in [0, 0.05) is 59.5 Å². The molecule has 0 aliphatic rings. The molecular weight excluding hydrogens is 986 g/mol. The fraction of sp³-hybridized carbons (Fsp3) is 0.625. The van der Waals surface area contributed by atoms with Crippen LogP contribution in [-0.4, -0.2) is 101 Å². The quantitative estimate of drug-likeness (QED) is 0.0110. The van der Waals surface area contributed by atoms with Crippen LogP contribution in [0.5, 0.6) is 0 Å². The van der Waals surface area contributed by atoms with Crippen LogP contribution in [0.1, 0.15) is 158 Å². The number of ether oxygens (including phenoxy) is 2. The van der Waals surface area contributed by atoms with Crippen molar-refractivity contribution >= 4 is 65.1 Å². The Hall–Kier alpha value is -4.51. The number of benzene rings is 2. The molecule has 18 heteroatoms. The minimum Gasteiger partial charge on any atom is -0.756 e. The Balaban J connectivity index is 1.03. The summed E-state index contributed by atoms with van der Waals surface area (Å²) in [4.78, 5) is 78.8. The summed E-state index contributed by atoms with van der Waals surface area (Å²) in [6.07, 6.45) is 17.2. The van der Waals surface area contributed by atoms with Crippen molar-refractivity contribution in [1.29, 1.82) is 0 Å². The van der Waals surface area contributed by atoms with E-state index in [9.17, 15) is 33.4 Å². The van der Waals surface area contributed by atoms with Crippen molar-refractivity contribution in [3.05, 3.63) is 80.5 Å². The third kappa shape index (κ3) is 24.0. The van der Waals surface area contributed by atoms with E-state index in [1.165, 1.54) is 31.7 Å². The molecule has 2 atom stereocenters. The van der Waals surface area contributed by atoms with Gasteiger partial charge in [-0.1, -0.05) is 96.3 Å². The van der Waals surface area contributed by atoms with E-state index < -0.39 is 44.0 Å². The molecule has 0 saturated carbocycles. The van der Waals surface area contributed by atoms with Gasteiger partial charge in [-0.25, -0.2) is 14.4 Å². The van der Waals surface area contributed by atoms with E-state index in [2.05, 4.69) is 30.1 Å². The van der Waals surface area contributed by atoms with E-state index in [1.54, 1.807) is 17.8 Å². The number of unbranched alkanes of at least 4 members (excludes halogenated alkanes) is 17. The normalized spacial score (nSPS) is 13.0. The van der Waals surface area contributed by atoms with Crippen molar-refractivity contribution < 1.29 is 55.7 Å². The number of rotatable bonds is 39. The van der Waals surface area contributed by atoms with Crippen molar-refractivity contribution in [2.45, 2.75) is 160 Å². The molecular formula is C56H84N3O13PS. The molecule has 0 saturated heterocycles. The van der Waals surface area contributed by atoms with Gasteiger partial charge in [0.25, 0.3) is 13.7 Å². The lowest BCUT2D eigenvalue weighted by molar-refractivity contribution is -0.870. The second-order valence-electron chi connectivity index (χ2n) is 20.1. The number of phosphoric acid groups is 1. The number of nitrogens with zero attached hydrogens (tertiary/aromatic N) is 2. The van der Waals surface area contributed by atoms with Gasteiger partial charge in [-0.3, -0.25) is 14.2 Å². The average molecular weight is 1070 g/mol. The number of anilines is 1. The van der Waals surface area contributed by atoms with Gasteiger partial charge in [-0.05, 0) is 94.2 Å². The van der Waals surface area contributed by atoms with Gasteiger partial charge in [0.1, 0.15) is 36.5 Å². The highest BCUT2D eigenvalue weighted by Crippen LogP contribution is 2.38. The Morgan fingerprint density at radius 3 is 2.00 bits per heavy atom. The number of nitrogens with one attached hydrogen (secondary N) is 1. The van der Waals surface area contributed by atoms with Gasteiger partial charge in [0.05, 0.1) is 27.7 Å². The Morgan fingerprint density at radius 1 is 0.730 bits per heavy atom. The first-order chi connectivity index (χ1) is 35.5. The van der Waals surface area contributed by atoms with Crippen LogP contribution in [0.25, 0.3) is 21.9 Å². The second-order valence-corrected chi connectivity index (χ2v) is 22.6. The van der Waals surface area contributed by atoms with Crippen LogP contribution in [0.15, 0.2) is 71.8 Å². The summed E-state index contributed by atoms with van der Waals surface area (Å²) in [7, 11) is 0.903. The number of carbonyl (C=O) groups excluding carboxylic acids is 3. The van der Waals surface area contributed by atoms with E-state index in [1.807, 2.05) is 58.4 Å². The van der Waals surface area contributed by atoms with Gasteiger partial charge in [-0.15, -0.1) is 11.8 Å². The van der Waals surface area contributed by atoms with Crippen LogP contribution in [0, 0.1) is 6.92 Å². The average Bonchev–Trinajstić information content (AvgIpc) is 3.35. The SMILES string of the molecule is CCN(CC)c1ccc2cc(C(=O)NCCCCCCCCCCCC(=O)OC(COP(=O)([O-])OCC[N+](C)(C)C)C(=O)OCCCCCCCCCCCCSc3ccc4c(C)cc(=O)oc4c3)c(=O)oc2c1. The summed E-state index contributed by atoms with van der Waals surface area (Å²) in [5, 5.41) is 4.51. The van der Waals surface area contributed by atoms with E-state index in [0.717, 1.165) is 124 Å². The van der Waals surface area contributed by atoms with E-state index in [-0.39, 0.29) is 30.8 Å². The van der Waals surface area contributed by atoms with Crippen LogP contribution in [0.4, 0.5) is 5.69 Å². The number of hydrogen-bond donors (Lipinski definition) is 1. The monoisotopic (exact) mass is 1070 g/mol. The molecule has 1 amide bonds. The summed E-state index contributed by atoms with van der Waals surface area (Å²) < 4.78 is 44.7. The Bertz CT molecular complexity index is 2500. The smallest absolute Gasteiger partial charge is 0.349 e. The fourth-order valence-corrected chi connectivity index (χ4v) is 10.1. The topological polar surface area (TPSA) is 204 Å². The zero-order valence-electron chi connectivity index (χ0n) is 45.1. The molecule has 2 aromatic carbocycles. The number of likely N-dealkylation sites (N-methyl/N-ethyl adjacent to an activating group) is 1. The van der Waals surface area contributed by atoms with Crippen LogP contribution >= 0.6 is 19.6 Å².